The average molecular weight is 398 g/mol. The second-order valence-corrected chi connectivity index (χ2v) is 4.79. The van der Waals surface area contributed by atoms with E-state index in [1.54, 1.807) is 24.3 Å². The zero-order valence-corrected chi connectivity index (χ0v) is 14.2. The number of benzene rings is 1. The SMILES string of the molecule is C#Cc1cccc(NC(=O)CN=C(N)N(C)C2CC2)c1.I. The third-order valence-electron chi connectivity index (χ3n) is 3.15. The lowest BCUT2D eigenvalue weighted by atomic mass is 10.2. The maximum atomic E-state index is 11.8. The van der Waals surface area contributed by atoms with Crippen molar-refractivity contribution in [3.05, 3.63) is 29.8 Å². The summed E-state index contributed by atoms with van der Waals surface area (Å²) in [5.74, 6) is 2.71. The Bertz CT molecular complexity index is 575. The number of hydrogen-bond donors (Lipinski definition) is 2. The molecule has 112 valence electrons. The lowest BCUT2D eigenvalue weighted by Gasteiger charge is -2.16. The molecule has 2 rings (SSSR count). The van der Waals surface area contributed by atoms with Crippen molar-refractivity contribution in [3.63, 3.8) is 0 Å². The van der Waals surface area contributed by atoms with Gasteiger partial charge in [-0.1, -0.05) is 12.0 Å². The molecule has 5 nitrogen and oxygen atoms in total. The molecule has 1 aliphatic carbocycles. The number of nitrogens with zero attached hydrogens (tertiary/aromatic N) is 2. The Morgan fingerprint density at radius 2 is 2.29 bits per heavy atom. The van der Waals surface area contributed by atoms with Gasteiger partial charge in [0.05, 0.1) is 0 Å². The first-order chi connectivity index (χ1) is 9.60. The molecule has 0 unspecified atom stereocenters. The summed E-state index contributed by atoms with van der Waals surface area (Å²) in [7, 11) is 1.89. The maximum Gasteiger partial charge on any atom is 0.246 e. The first-order valence-corrected chi connectivity index (χ1v) is 6.49. The van der Waals surface area contributed by atoms with Crippen molar-refractivity contribution < 1.29 is 4.79 Å². The van der Waals surface area contributed by atoms with Crippen LogP contribution in [0.2, 0.25) is 0 Å². The normalized spacial score (nSPS) is 13.8. The van der Waals surface area contributed by atoms with Gasteiger partial charge in [-0.05, 0) is 31.0 Å². The Kier molecular flexibility index (Phi) is 6.49. The standard InChI is InChI=1S/C15H18N4O.HI/c1-3-11-5-4-6-12(9-11)18-14(20)10-17-15(16)19(2)13-7-8-13;/h1,4-6,9,13H,7-8,10H2,2H3,(H2,16,17)(H,18,20);1H. The Balaban J connectivity index is 0.00000220. The van der Waals surface area contributed by atoms with E-state index in [1.165, 1.54) is 0 Å². The smallest absolute Gasteiger partial charge is 0.246 e. The summed E-state index contributed by atoms with van der Waals surface area (Å²) in [6.07, 6.45) is 7.58. The minimum absolute atomic E-state index is 0. The number of aliphatic imine (C=N–C) groups is 1. The zero-order chi connectivity index (χ0) is 14.5. The summed E-state index contributed by atoms with van der Waals surface area (Å²) >= 11 is 0. The van der Waals surface area contributed by atoms with Gasteiger partial charge < -0.3 is 16.0 Å². The van der Waals surface area contributed by atoms with E-state index in [1.807, 2.05) is 11.9 Å². The third kappa shape index (κ3) is 5.27. The number of nitrogens with one attached hydrogen (secondary N) is 1. The fraction of sp³-hybridized carbons (Fsp3) is 0.333. The van der Waals surface area contributed by atoms with Crippen LogP contribution in [0.5, 0.6) is 0 Å². The molecule has 1 fully saturated rings. The third-order valence-corrected chi connectivity index (χ3v) is 3.15. The summed E-state index contributed by atoms with van der Waals surface area (Å²) in [4.78, 5) is 17.8. The number of carbonyl (C=O) groups is 1. The van der Waals surface area contributed by atoms with Gasteiger partial charge in [0, 0.05) is 24.3 Å². The van der Waals surface area contributed by atoms with Gasteiger partial charge in [0.15, 0.2) is 5.96 Å². The van der Waals surface area contributed by atoms with E-state index in [0.717, 1.165) is 18.4 Å². The van der Waals surface area contributed by atoms with Crippen molar-refractivity contribution in [2.45, 2.75) is 18.9 Å². The molecule has 1 aromatic rings. The average Bonchev–Trinajstić information content (AvgIpc) is 3.28. The van der Waals surface area contributed by atoms with Gasteiger partial charge in [-0.2, -0.15) is 0 Å². The van der Waals surface area contributed by atoms with Crippen LogP contribution in [0, 0.1) is 12.3 Å². The second-order valence-electron chi connectivity index (χ2n) is 4.79. The molecule has 6 heteroatoms. The molecule has 3 N–H and O–H groups in total. The van der Waals surface area contributed by atoms with Crippen LogP contribution in [-0.2, 0) is 4.79 Å². The number of anilines is 1. The lowest BCUT2D eigenvalue weighted by molar-refractivity contribution is -0.114. The number of rotatable bonds is 4. The molecule has 0 saturated heterocycles. The van der Waals surface area contributed by atoms with Gasteiger partial charge in [0.25, 0.3) is 0 Å². The van der Waals surface area contributed by atoms with Crippen LogP contribution in [0.3, 0.4) is 0 Å². The van der Waals surface area contributed by atoms with Crippen LogP contribution in [-0.4, -0.2) is 36.4 Å². The molecular weight excluding hydrogens is 379 g/mol. The highest BCUT2D eigenvalue weighted by Gasteiger charge is 2.27. The maximum absolute atomic E-state index is 11.8. The minimum atomic E-state index is -0.216. The van der Waals surface area contributed by atoms with Crippen LogP contribution in [0.15, 0.2) is 29.3 Å². The molecule has 21 heavy (non-hydrogen) atoms. The largest absolute Gasteiger partial charge is 0.370 e. The first-order valence-electron chi connectivity index (χ1n) is 6.49. The quantitative estimate of drug-likeness (QED) is 0.351. The van der Waals surface area contributed by atoms with E-state index in [0.29, 0.717) is 17.7 Å². The predicted molar refractivity (Wildman–Crippen MR) is 95.7 cm³/mol. The van der Waals surface area contributed by atoms with Gasteiger partial charge in [-0.15, -0.1) is 30.4 Å². The van der Waals surface area contributed by atoms with Gasteiger partial charge in [0.2, 0.25) is 5.91 Å². The molecule has 1 aromatic carbocycles. The van der Waals surface area contributed by atoms with E-state index in [9.17, 15) is 4.79 Å². The Hall–Kier alpha value is -1.75. The number of halogens is 1. The monoisotopic (exact) mass is 398 g/mol. The summed E-state index contributed by atoms with van der Waals surface area (Å²) in [5, 5.41) is 2.74. The Morgan fingerprint density at radius 1 is 1.57 bits per heavy atom. The van der Waals surface area contributed by atoms with Gasteiger partial charge in [-0.3, -0.25) is 4.79 Å². The van der Waals surface area contributed by atoms with Crippen LogP contribution < -0.4 is 11.1 Å². The Labute approximate surface area is 142 Å². The number of carbonyl (C=O) groups excluding carboxylic acids is 1. The van der Waals surface area contributed by atoms with Crippen molar-refractivity contribution in [1.29, 1.82) is 0 Å². The first kappa shape index (κ1) is 17.3. The van der Waals surface area contributed by atoms with E-state index in [2.05, 4.69) is 16.2 Å². The second kappa shape index (κ2) is 7.88. The fourth-order valence-corrected chi connectivity index (χ4v) is 1.80. The van der Waals surface area contributed by atoms with Gasteiger partial charge in [-0.25, -0.2) is 4.99 Å². The summed E-state index contributed by atoms with van der Waals surface area (Å²) in [5.41, 5.74) is 7.20. The molecular formula is C15H19IN4O. The summed E-state index contributed by atoms with van der Waals surface area (Å²) < 4.78 is 0. The lowest BCUT2D eigenvalue weighted by Crippen LogP contribution is -2.36. The van der Waals surface area contributed by atoms with E-state index in [-0.39, 0.29) is 36.4 Å². The molecule has 0 bridgehead atoms. The highest BCUT2D eigenvalue weighted by molar-refractivity contribution is 14.0. The summed E-state index contributed by atoms with van der Waals surface area (Å²) in [6.45, 7) is 0.00315. The highest BCUT2D eigenvalue weighted by Crippen LogP contribution is 2.24. The van der Waals surface area contributed by atoms with Crippen LogP contribution in [0.4, 0.5) is 5.69 Å². The van der Waals surface area contributed by atoms with Crippen LogP contribution in [0.25, 0.3) is 0 Å². The van der Waals surface area contributed by atoms with Crippen molar-refractivity contribution in [3.8, 4) is 12.3 Å². The summed E-state index contributed by atoms with van der Waals surface area (Å²) in [6, 6.07) is 7.59. The van der Waals surface area contributed by atoms with Crippen molar-refractivity contribution in [2.75, 3.05) is 18.9 Å². The molecule has 0 heterocycles. The number of terminal acetylenes is 1. The molecule has 0 atom stereocenters. The van der Waals surface area contributed by atoms with E-state index < -0.39 is 0 Å². The van der Waals surface area contributed by atoms with Gasteiger partial charge in [0.1, 0.15) is 6.54 Å². The molecule has 1 aliphatic rings. The van der Waals surface area contributed by atoms with Crippen LogP contribution >= 0.6 is 24.0 Å². The fourth-order valence-electron chi connectivity index (χ4n) is 1.80. The molecule has 0 radical (unpaired) electrons. The molecule has 0 aliphatic heterocycles. The Morgan fingerprint density at radius 3 is 2.90 bits per heavy atom. The van der Waals surface area contributed by atoms with Crippen molar-refractivity contribution >= 4 is 41.5 Å². The molecule has 1 saturated carbocycles. The van der Waals surface area contributed by atoms with Crippen molar-refractivity contribution in [2.24, 2.45) is 10.7 Å². The van der Waals surface area contributed by atoms with E-state index >= 15 is 0 Å². The van der Waals surface area contributed by atoms with Gasteiger partial charge >= 0.3 is 0 Å². The highest BCUT2D eigenvalue weighted by atomic mass is 127. The zero-order valence-electron chi connectivity index (χ0n) is 11.9. The molecule has 0 aromatic heterocycles. The number of hydrogen-bond acceptors (Lipinski definition) is 2. The molecule has 0 spiro atoms. The van der Waals surface area contributed by atoms with Crippen LogP contribution in [0.1, 0.15) is 18.4 Å². The topological polar surface area (TPSA) is 70.7 Å². The number of nitrogens with two attached hydrogens (primary N) is 1. The minimum Gasteiger partial charge on any atom is -0.370 e. The predicted octanol–water partition coefficient (Wildman–Crippen LogP) is 1.63. The molecule has 1 amide bonds. The number of amides is 1. The van der Waals surface area contributed by atoms with E-state index in [4.69, 9.17) is 12.2 Å². The van der Waals surface area contributed by atoms with Crippen molar-refractivity contribution in [1.82, 2.24) is 4.90 Å². The number of guanidine groups is 1.